The second-order valence-corrected chi connectivity index (χ2v) is 6.25. The van der Waals surface area contributed by atoms with Crippen LogP contribution in [0.25, 0.3) is 0 Å². The number of fused-ring (bicyclic) bond motifs is 1. The van der Waals surface area contributed by atoms with Gasteiger partial charge >= 0.3 is 0 Å². The SMILES string of the molecule is COc1ccc2c(c1)CCCN2C(=O)c1ccc(OC(C)C)cc1. The van der Waals surface area contributed by atoms with Gasteiger partial charge in [-0.3, -0.25) is 4.79 Å². The Kier molecular flexibility index (Phi) is 4.74. The summed E-state index contributed by atoms with van der Waals surface area (Å²) in [5, 5.41) is 0. The number of anilines is 1. The van der Waals surface area contributed by atoms with Crippen LogP contribution in [0.3, 0.4) is 0 Å². The quantitative estimate of drug-likeness (QED) is 0.850. The number of aryl methyl sites for hydroxylation is 1. The summed E-state index contributed by atoms with van der Waals surface area (Å²) in [6.45, 7) is 4.71. The number of nitrogens with zero attached hydrogens (tertiary/aromatic N) is 1. The second-order valence-electron chi connectivity index (χ2n) is 6.25. The molecule has 24 heavy (non-hydrogen) atoms. The maximum absolute atomic E-state index is 12.9. The van der Waals surface area contributed by atoms with Crippen molar-refractivity contribution in [2.45, 2.75) is 32.8 Å². The molecule has 0 fully saturated rings. The van der Waals surface area contributed by atoms with Crippen molar-refractivity contribution < 1.29 is 14.3 Å². The maximum Gasteiger partial charge on any atom is 0.258 e. The number of benzene rings is 2. The molecule has 0 aliphatic carbocycles. The topological polar surface area (TPSA) is 38.8 Å². The monoisotopic (exact) mass is 325 g/mol. The molecule has 2 aromatic carbocycles. The molecule has 0 N–H and O–H groups in total. The summed E-state index contributed by atoms with van der Waals surface area (Å²) in [6, 6.07) is 13.3. The Morgan fingerprint density at radius 1 is 1.08 bits per heavy atom. The zero-order chi connectivity index (χ0) is 17.1. The largest absolute Gasteiger partial charge is 0.497 e. The minimum atomic E-state index is 0.0252. The van der Waals surface area contributed by atoms with Crippen molar-refractivity contribution in [2.75, 3.05) is 18.6 Å². The summed E-state index contributed by atoms with van der Waals surface area (Å²) in [5.41, 5.74) is 2.82. The van der Waals surface area contributed by atoms with Gasteiger partial charge in [0.15, 0.2) is 0 Å². The summed E-state index contributed by atoms with van der Waals surface area (Å²) >= 11 is 0. The molecule has 4 heteroatoms. The molecule has 3 rings (SSSR count). The second kappa shape index (κ2) is 6.95. The van der Waals surface area contributed by atoms with E-state index in [0.717, 1.165) is 42.1 Å². The van der Waals surface area contributed by atoms with Gasteiger partial charge in [-0.1, -0.05) is 0 Å². The highest BCUT2D eigenvalue weighted by atomic mass is 16.5. The fraction of sp³-hybridized carbons (Fsp3) is 0.350. The Labute approximate surface area is 143 Å². The number of ether oxygens (including phenoxy) is 2. The fourth-order valence-corrected chi connectivity index (χ4v) is 3.02. The first-order chi connectivity index (χ1) is 11.6. The first-order valence-electron chi connectivity index (χ1n) is 8.34. The molecule has 0 bridgehead atoms. The van der Waals surface area contributed by atoms with E-state index < -0.39 is 0 Å². The third-order valence-electron chi connectivity index (χ3n) is 4.12. The number of carbonyl (C=O) groups excluding carboxylic acids is 1. The molecular formula is C20H23NO3. The molecule has 1 amide bonds. The molecule has 0 aromatic heterocycles. The van der Waals surface area contributed by atoms with E-state index in [2.05, 4.69) is 0 Å². The van der Waals surface area contributed by atoms with E-state index in [1.807, 2.05) is 61.2 Å². The van der Waals surface area contributed by atoms with Crippen molar-refractivity contribution in [3.05, 3.63) is 53.6 Å². The lowest BCUT2D eigenvalue weighted by molar-refractivity contribution is 0.0985. The lowest BCUT2D eigenvalue weighted by atomic mass is 10.0. The van der Waals surface area contributed by atoms with Crippen LogP contribution < -0.4 is 14.4 Å². The zero-order valence-corrected chi connectivity index (χ0v) is 14.4. The number of hydrogen-bond donors (Lipinski definition) is 0. The Bertz CT molecular complexity index is 722. The molecule has 1 heterocycles. The van der Waals surface area contributed by atoms with E-state index in [1.54, 1.807) is 7.11 Å². The van der Waals surface area contributed by atoms with Crippen LogP contribution in [-0.2, 0) is 6.42 Å². The minimum absolute atomic E-state index is 0.0252. The first-order valence-corrected chi connectivity index (χ1v) is 8.34. The van der Waals surface area contributed by atoms with Crippen LogP contribution in [0.4, 0.5) is 5.69 Å². The Balaban J connectivity index is 1.83. The van der Waals surface area contributed by atoms with Crippen LogP contribution in [-0.4, -0.2) is 25.7 Å². The Hall–Kier alpha value is -2.49. The van der Waals surface area contributed by atoms with Gasteiger partial charge in [-0.05, 0) is 74.7 Å². The molecule has 4 nitrogen and oxygen atoms in total. The average Bonchev–Trinajstić information content (AvgIpc) is 2.60. The van der Waals surface area contributed by atoms with Crippen LogP contribution >= 0.6 is 0 Å². The smallest absolute Gasteiger partial charge is 0.258 e. The van der Waals surface area contributed by atoms with Crippen LogP contribution in [0, 0.1) is 0 Å². The summed E-state index contributed by atoms with van der Waals surface area (Å²) in [6.07, 6.45) is 2.05. The van der Waals surface area contributed by atoms with Crippen LogP contribution in [0.2, 0.25) is 0 Å². The van der Waals surface area contributed by atoms with Crippen LogP contribution in [0.1, 0.15) is 36.2 Å². The third-order valence-corrected chi connectivity index (χ3v) is 4.12. The number of carbonyl (C=O) groups is 1. The molecule has 0 saturated carbocycles. The number of amides is 1. The highest BCUT2D eigenvalue weighted by Crippen LogP contribution is 2.31. The van der Waals surface area contributed by atoms with Crippen LogP contribution in [0.15, 0.2) is 42.5 Å². The van der Waals surface area contributed by atoms with Crippen molar-refractivity contribution in [1.29, 1.82) is 0 Å². The standard InChI is InChI=1S/C20H23NO3/c1-14(2)24-17-8-6-15(7-9-17)20(22)21-12-4-5-16-13-18(23-3)10-11-19(16)21/h6-11,13-14H,4-5,12H2,1-3H3. The molecule has 2 aromatic rings. The van der Waals surface area contributed by atoms with Crippen molar-refractivity contribution in [3.63, 3.8) is 0 Å². The van der Waals surface area contributed by atoms with Gasteiger partial charge in [-0.15, -0.1) is 0 Å². The molecule has 0 radical (unpaired) electrons. The average molecular weight is 325 g/mol. The van der Waals surface area contributed by atoms with E-state index >= 15 is 0 Å². The molecule has 1 aliphatic rings. The number of methoxy groups -OCH3 is 1. The first kappa shape index (κ1) is 16.4. The van der Waals surface area contributed by atoms with Crippen LogP contribution in [0.5, 0.6) is 11.5 Å². The van der Waals surface area contributed by atoms with E-state index in [0.29, 0.717) is 5.56 Å². The van der Waals surface area contributed by atoms with Gasteiger partial charge in [0.05, 0.1) is 13.2 Å². The third kappa shape index (κ3) is 3.37. The molecule has 0 unspecified atom stereocenters. The zero-order valence-electron chi connectivity index (χ0n) is 14.4. The van der Waals surface area contributed by atoms with Gasteiger partial charge in [0.1, 0.15) is 11.5 Å². The van der Waals surface area contributed by atoms with Gasteiger partial charge in [0.2, 0.25) is 0 Å². The van der Waals surface area contributed by atoms with Gasteiger partial charge in [0, 0.05) is 17.8 Å². The van der Waals surface area contributed by atoms with E-state index in [-0.39, 0.29) is 12.0 Å². The summed E-state index contributed by atoms with van der Waals surface area (Å²) < 4.78 is 10.9. The van der Waals surface area contributed by atoms with Gasteiger partial charge in [-0.25, -0.2) is 0 Å². The highest BCUT2D eigenvalue weighted by molar-refractivity contribution is 6.06. The Morgan fingerprint density at radius 3 is 2.46 bits per heavy atom. The van der Waals surface area contributed by atoms with Crippen molar-refractivity contribution in [1.82, 2.24) is 0 Å². The molecule has 126 valence electrons. The molecule has 0 atom stereocenters. The predicted molar refractivity (Wildman–Crippen MR) is 95.2 cm³/mol. The molecule has 0 saturated heterocycles. The molecule has 1 aliphatic heterocycles. The molecular weight excluding hydrogens is 302 g/mol. The van der Waals surface area contributed by atoms with Gasteiger partial charge < -0.3 is 14.4 Å². The van der Waals surface area contributed by atoms with E-state index in [9.17, 15) is 4.79 Å². The predicted octanol–water partition coefficient (Wildman–Crippen LogP) is 4.08. The van der Waals surface area contributed by atoms with E-state index in [1.165, 1.54) is 0 Å². The van der Waals surface area contributed by atoms with Gasteiger partial charge in [-0.2, -0.15) is 0 Å². The van der Waals surface area contributed by atoms with Crippen molar-refractivity contribution >= 4 is 11.6 Å². The fourth-order valence-electron chi connectivity index (χ4n) is 3.02. The maximum atomic E-state index is 12.9. The summed E-state index contributed by atoms with van der Waals surface area (Å²) in [7, 11) is 1.66. The minimum Gasteiger partial charge on any atom is -0.497 e. The Morgan fingerprint density at radius 2 is 1.79 bits per heavy atom. The molecule has 0 spiro atoms. The number of hydrogen-bond acceptors (Lipinski definition) is 3. The van der Waals surface area contributed by atoms with E-state index in [4.69, 9.17) is 9.47 Å². The van der Waals surface area contributed by atoms with Crippen molar-refractivity contribution in [2.24, 2.45) is 0 Å². The normalized spacial score (nSPS) is 13.6. The highest BCUT2D eigenvalue weighted by Gasteiger charge is 2.24. The van der Waals surface area contributed by atoms with Gasteiger partial charge in [0.25, 0.3) is 5.91 Å². The lowest BCUT2D eigenvalue weighted by Gasteiger charge is -2.30. The van der Waals surface area contributed by atoms with Crippen molar-refractivity contribution in [3.8, 4) is 11.5 Å². The number of rotatable bonds is 4. The summed E-state index contributed by atoms with van der Waals surface area (Å²) in [4.78, 5) is 14.8. The summed E-state index contributed by atoms with van der Waals surface area (Å²) in [5.74, 6) is 1.64. The lowest BCUT2D eigenvalue weighted by Crippen LogP contribution is -2.35.